The standard InChI is InChI=1S/C14H11FN2OS/c15-11-6-4-9(5-7-11)14(18)17-12-3-1-2-10(8-12)13(16)19/h1-8H,(H2,16,19)(H,17,18). The third-order valence-electron chi connectivity index (χ3n) is 2.51. The highest BCUT2D eigenvalue weighted by Crippen LogP contribution is 2.12. The van der Waals surface area contributed by atoms with Gasteiger partial charge in [0, 0.05) is 16.8 Å². The SMILES string of the molecule is NC(=S)c1cccc(NC(=O)c2ccc(F)cc2)c1. The summed E-state index contributed by atoms with van der Waals surface area (Å²) >= 11 is 4.87. The third kappa shape index (κ3) is 3.35. The van der Waals surface area contributed by atoms with Gasteiger partial charge in [-0.2, -0.15) is 0 Å². The summed E-state index contributed by atoms with van der Waals surface area (Å²) in [7, 11) is 0. The molecule has 2 rings (SSSR count). The molecule has 0 fully saturated rings. The largest absolute Gasteiger partial charge is 0.389 e. The number of anilines is 1. The molecule has 1 amide bonds. The summed E-state index contributed by atoms with van der Waals surface area (Å²) < 4.78 is 12.8. The number of nitrogens with one attached hydrogen (secondary N) is 1. The van der Waals surface area contributed by atoms with Gasteiger partial charge < -0.3 is 11.1 Å². The number of benzene rings is 2. The third-order valence-corrected chi connectivity index (χ3v) is 2.75. The van der Waals surface area contributed by atoms with Crippen LogP contribution in [0.5, 0.6) is 0 Å². The number of halogens is 1. The molecule has 0 aliphatic heterocycles. The maximum atomic E-state index is 12.8. The minimum atomic E-state index is -0.382. The van der Waals surface area contributed by atoms with Gasteiger partial charge in [-0.05, 0) is 36.4 Å². The van der Waals surface area contributed by atoms with E-state index in [-0.39, 0.29) is 16.7 Å². The fourth-order valence-electron chi connectivity index (χ4n) is 1.55. The normalized spacial score (nSPS) is 9.95. The van der Waals surface area contributed by atoms with Crippen molar-refractivity contribution in [3.63, 3.8) is 0 Å². The Labute approximate surface area is 115 Å². The van der Waals surface area contributed by atoms with E-state index in [0.29, 0.717) is 16.8 Å². The molecule has 0 aliphatic rings. The number of amides is 1. The molecule has 0 aromatic heterocycles. The summed E-state index contributed by atoms with van der Waals surface area (Å²) in [6, 6.07) is 12.2. The van der Waals surface area contributed by atoms with Crippen molar-refractivity contribution < 1.29 is 9.18 Å². The molecule has 96 valence electrons. The molecular weight excluding hydrogens is 263 g/mol. The molecule has 2 aromatic carbocycles. The molecule has 0 bridgehead atoms. The van der Waals surface area contributed by atoms with Gasteiger partial charge in [0.2, 0.25) is 0 Å². The van der Waals surface area contributed by atoms with Crippen LogP contribution in [0.3, 0.4) is 0 Å². The van der Waals surface area contributed by atoms with Gasteiger partial charge >= 0.3 is 0 Å². The van der Waals surface area contributed by atoms with Crippen molar-refractivity contribution in [1.29, 1.82) is 0 Å². The second-order valence-corrected chi connectivity index (χ2v) is 4.35. The van der Waals surface area contributed by atoms with E-state index in [1.807, 2.05) is 0 Å². The van der Waals surface area contributed by atoms with Crippen LogP contribution in [0.2, 0.25) is 0 Å². The number of hydrogen-bond acceptors (Lipinski definition) is 2. The Hall–Kier alpha value is -2.27. The summed E-state index contributed by atoms with van der Waals surface area (Å²) in [6.45, 7) is 0. The van der Waals surface area contributed by atoms with E-state index in [0.717, 1.165) is 0 Å². The van der Waals surface area contributed by atoms with Crippen LogP contribution >= 0.6 is 12.2 Å². The van der Waals surface area contributed by atoms with E-state index < -0.39 is 0 Å². The maximum Gasteiger partial charge on any atom is 0.255 e. The zero-order valence-electron chi connectivity index (χ0n) is 9.89. The van der Waals surface area contributed by atoms with E-state index in [4.69, 9.17) is 18.0 Å². The Balaban J connectivity index is 2.17. The maximum absolute atomic E-state index is 12.8. The van der Waals surface area contributed by atoms with Gasteiger partial charge in [-0.3, -0.25) is 4.79 Å². The van der Waals surface area contributed by atoms with E-state index in [2.05, 4.69) is 5.32 Å². The molecular formula is C14H11FN2OS. The van der Waals surface area contributed by atoms with Crippen LogP contribution in [0.1, 0.15) is 15.9 Å². The van der Waals surface area contributed by atoms with Crippen LogP contribution in [-0.4, -0.2) is 10.9 Å². The summed E-state index contributed by atoms with van der Waals surface area (Å²) in [4.78, 5) is 12.2. The van der Waals surface area contributed by atoms with Gasteiger partial charge in [0.1, 0.15) is 10.8 Å². The molecule has 2 aromatic rings. The fraction of sp³-hybridized carbons (Fsp3) is 0. The lowest BCUT2D eigenvalue weighted by Crippen LogP contribution is -2.13. The Morgan fingerprint density at radius 3 is 2.42 bits per heavy atom. The van der Waals surface area contributed by atoms with Gasteiger partial charge in [0.25, 0.3) is 5.91 Å². The highest BCUT2D eigenvalue weighted by molar-refractivity contribution is 7.80. The number of thiocarbonyl (C=S) groups is 1. The molecule has 5 heteroatoms. The fourth-order valence-corrected chi connectivity index (χ4v) is 1.68. The Morgan fingerprint density at radius 1 is 1.11 bits per heavy atom. The van der Waals surface area contributed by atoms with Gasteiger partial charge in [0.05, 0.1) is 0 Å². The zero-order valence-corrected chi connectivity index (χ0v) is 10.7. The first-order chi connectivity index (χ1) is 9.06. The van der Waals surface area contributed by atoms with Crippen molar-refractivity contribution in [1.82, 2.24) is 0 Å². The second-order valence-electron chi connectivity index (χ2n) is 3.91. The molecule has 0 spiro atoms. The van der Waals surface area contributed by atoms with E-state index in [1.54, 1.807) is 24.3 Å². The van der Waals surface area contributed by atoms with Crippen molar-refractivity contribution in [2.24, 2.45) is 5.73 Å². The van der Waals surface area contributed by atoms with Gasteiger partial charge in [0.15, 0.2) is 0 Å². The number of carbonyl (C=O) groups excluding carboxylic acids is 1. The lowest BCUT2D eigenvalue weighted by atomic mass is 10.1. The van der Waals surface area contributed by atoms with Gasteiger partial charge in [-0.1, -0.05) is 24.4 Å². The molecule has 19 heavy (non-hydrogen) atoms. The average Bonchev–Trinajstić information content (AvgIpc) is 2.39. The quantitative estimate of drug-likeness (QED) is 0.846. The molecule has 0 unspecified atom stereocenters. The molecule has 0 heterocycles. The minimum absolute atomic E-state index is 0.262. The van der Waals surface area contributed by atoms with E-state index in [1.165, 1.54) is 24.3 Å². The first-order valence-corrected chi connectivity index (χ1v) is 5.94. The van der Waals surface area contributed by atoms with Crippen molar-refractivity contribution in [2.45, 2.75) is 0 Å². The lowest BCUT2D eigenvalue weighted by Gasteiger charge is -2.07. The predicted molar refractivity (Wildman–Crippen MR) is 76.7 cm³/mol. The van der Waals surface area contributed by atoms with Gasteiger partial charge in [-0.15, -0.1) is 0 Å². The first kappa shape index (κ1) is 13.2. The number of carbonyl (C=O) groups is 1. The Bertz CT molecular complexity index is 626. The predicted octanol–water partition coefficient (Wildman–Crippen LogP) is 2.71. The molecule has 0 radical (unpaired) electrons. The number of nitrogens with two attached hydrogens (primary N) is 1. The summed E-state index contributed by atoms with van der Waals surface area (Å²) in [6.07, 6.45) is 0. The van der Waals surface area contributed by atoms with Crippen LogP contribution < -0.4 is 11.1 Å². The molecule has 0 atom stereocenters. The Kier molecular flexibility index (Phi) is 3.87. The molecule has 3 N–H and O–H groups in total. The molecule has 0 aliphatic carbocycles. The number of hydrogen-bond donors (Lipinski definition) is 2. The van der Waals surface area contributed by atoms with E-state index >= 15 is 0 Å². The summed E-state index contributed by atoms with van der Waals surface area (Å²) in [5, 5.41) is 2.70. The van der Waals surface area contributed by atoms with Crippen LogP contribution in [0.25, 0.3) is 0 Å². The molecule has 0 saturated carbocycles. The van der Waals surface area contributed by atoms with E-state index in [9.17, 15) is 9.18 Å². The summed E-state index contributed by atoms with van der Waals surface area (Å²) in [5.41, 5.74) is 7.15. The van der Waals surface area contributed by atoms with Crippen molar-refractivity contribution in [2.75, 3.05) is 5.32 Å². The zero-order chi connectivity index (χ0) is 13.8. The van der Waals surface area contributed by atoms with Crippen LogP contribution in [0, 0.1) is 5.82 Å². The minimum Gasteiger partial charge on any atom is -0.389 e. The van der Waals surface area contributed by atoms with Crippen LogP contribution in [0.4, 0.5) is 10.1 Å². The molecule has 3 nitrogen and oxygen atoms in total. The average molecular weight is 274 g/mol. The highest BCUT2D eigenvalue weighted by atomic mass is 32.1. The topological polar surface area (TPSA) is 55.1 Å². The van der Waals surface area contributed by atoms with Crippen molar-refractivity contribution in [3.8, 4) is 0 Å². The lowest BCUT2D eigenvalue weighted by molar-refractivity contribution is 0.102. The second kappa shape index (κ2) is 5.58. The summed E-state index contributed by atoms with van der Waals surface area (Å²) in [5.74, 6) is -0.702. The number of rotatable bonds is 3. The van der Waals surface area contributed by atoms with Crippen molar-refractivity contribution in [3.05, 3.63) is 65.5 Å². The van der Waals surface area contributed by atoms with Crippen LogP contribution in [0.15, 0.2) is 48.5 Å². The smallest absolute Gasteiger partial charge is 0.255 e. The van der Waals surface area contributed by atoms with Crippen molar-refractivity contribution >= 4 is 28.8 Å². The van der Waals surface area contributed by atoms with Gasteiger partial charge in [-0.25, -0.2) is 4.39 Å². The molecule has 0 saturated heterocycles. The highest BCUT2D eigenvalue weighted by Gasteiger charge is 2.06. The monoisotopic (exact) mass is 274 g/mol. The van der Waals surface area contributed by atoms with Crippen LogP contribution in [-0.2, 0) is 0 Å². The Morgan fingerprint density at radius 2 is 1.79 bits per heavy atom. The first-order valence-electron chi connectivity index (χ1n) is 5.53.